The molecule has 0 spiro atoms. The maximum absolute atomic E-state index is 12.5. The van der Waals surface area contributed by atoms with Gasteiger partial charge in [-0.15, -0.1) is 11.8 Å². The molecule has 7 heteroatoms. The summed E-state index contributed by atoms with van der Waals surface area (Å²) in [5, 5.41) is 0.0289. The Morgan fingerprint density at radius 3 is 2.33 bits per heavy atom. The number of benzene rings is 1. The maximum Gasteiger partial charge on any atom is 0.175 e. The standard InChI is InChI=1S/C14H15BrO2S.BH3.2FH/c1-7(2)13-11(8(3)16)12(17)9-5-4-6-10(15)14(9)18-13;;;/h4-7,11,13H,1-3H3;1H3;2*1H. The number of ketones is 2. The third kappa shape index (κ3) is 4.16. The van der Waals surface area contributed by atoms with Crippen LogP contribution in [0.25, 0.3) is 0 Å². The average molecular weight is 381 g/mol. The second-order valence-electron chi connectivity index (χ2n) is 4.90. The van der Waals surface area contributed by atoms with E-state index < -0.39 is 5.92 Å². The molecule has 0 aromatic heterocycles. The predicted octanol–water partition coefficient (Wildman–Crippen LogP) is 3.09. The summed E-state index contributed by atoms with van der Waals surface area (Å²) in [4.78, 5) is 25.2. The molecule has 2 atom stereocenters. The van der Waals surface area contributed by atoms with Gasteiger partial charge in [0.2, 0.25) is 0 Å². The first-order valence-electron chi connectivity index (χ1n) is 5.93. The third-order valence-corrected chi connectivity index (χ3v) is 5.88. The molecule has 0 saturated carbocycles. The number of hydrogen-bond donors (Lipinski definition) is 0. The van der Waals surface area contributed by atoms with E-state index in [9.17, 15) is 9.59 Å². The van der Waals surface area contributed by atoms with Gasteiger partial charge in [0, 0.05) is 20.2 Å². The van der Waals surface area contributed by atoms with Gasteiger partial charge in [0.1, 0.15) is 5.78 Å². The van der Waals surface area contributed by atoms with Gasteiger partial charge in [-0.3, -0.25) is 19.0 Å². The van der Waals surface area contributed by atoms with Crippen molar-refractivity contribution >= 4 is 47.7 Å². The maximum atomic E-state index is 12.5. The Kier molecular flexibility index (Phi) is 9.34. The molecule has 0 fully saturated rings. The van der Waals surface area contributed by atoms with Gasteiger partial charge in [-0.05, 0) is 34.8 Å². The van der Waals surface area contributed by atoms with E-state index in [0.29, 0.717) is 5.56 Å². The number of hydrogen-bond acceptors (Lipinski definition) is 3. The van der Waals surface area contributed by atoms with Crippen molar-refractivity contribution in [1.82, 2.24) is 0 Å². The first-order valence-corrected chi connectivity index (χ1v) is 7.60. The molecular formula is C14H20BBrF2O2S. The summed E-state index contributed by atoms with van der Waals surface area (Å²) in [7, 11) is 0. The fourth-order valence-electron chi connectivity index (χ4n) is 2.28. The van der Waals surface area contributed by atoms with Crippen LogP contribution in [0, 0.1) is 11.8 Å². The third-order valence-electron chi connectivity index (χ3n) is 3.19. The van der Waals surface area contributed by atoms with Gasteiger partial charge in [0.05, 0.1) is 14.3 Å². The van der Waals surface area contributed by atoms with Gasteiger partial charge >= 0.3 is 0 Å². The molecule has 1 aliphatic heterocycles. The Morgan fingerprint density at radius 2 is 1.86 bits per heavy atom. The van der Waals surface area contributed by atoms with Crippen molar-refractivity contribution in [2.75, 3.05) is 0 Å². The molecule has 1 heterocycles. The number of carbonyl (C=O) groups is 2. The first-order chi connectivity index (χ1) is 8.43. The molecule has 2 unspecified atom stereocenters. The smallest absolute Gasteiger partial charge is 0.175 e. The molecule has 0 saturated heterocycles. The molecule has 1 aromatic rings. The Balaban J connectivity index is 0. The SMILES string of the molecule is B.CC(=O)C1C(=O)c2cccc(Br)c2SC1C(C)C.F.F. The molecule has 2 rings (SSSR count). The second-order valence-corrected chi connectivity index (χ2v) is 6.94. The summed E-state index contributed by atoms with van der Waals surface area (Å²) in [6.45, 7) is 5.63. The van der Waals surface area contributed by atoms with Crippen molar-refractivity contribution in [3.8, 4) is 0 Å². The molecule has 118 valence electrons. The second kappa shape index (κ2) is 8.68. The minimum atomic E-state index is -0.503. The normalized spacial score (nSPS) is 19.8. The van der Waals surface area contributed by atoms with E-state index in [4.69, 9.17) is 0 Å². The summed E-state index contributed by atoms with van der Waals surface area (Å²) in [6, 6.07) is 5.58. The van der Waals surface area contributed by atoms with E-state index in [0.717, 1.165) is 9.37 Å². The van der Waals surface area contributed by atoms with Crippen molar-refractivity contribution in [3.05, 3.63) is 28.2 Å². The predicted molar refractivity (Wildman–Crippen MR) is 92.1 cm³/mol. The fourth-order valence-corrected chi connectivity index (χ4v) is 4.40. The Labute approximate surface area is 137 Å². The molecule has 0 N–H and O–H groups in total. The topological polar surface area (TPSA) is 34.1 Å². The molecule has 2 nitrogen and oxygen atoms in total. The van der Waals surface area contributed by atoms with Crippen LogP contribution in [0.3, 0.4) is 0 Å². The van der Waals surface area contributed by atoms with E-state index in [1.165, 1.54) is 6.92 Å². The lowest BCUT2D eigenvalue weighted by Gasteiger charge is -2.32. The van der Waals surface area contributed by atoms with Crippen molar-refractivity contribution in [3.63, 3.8) is 0 Å². The van der Waals surface area contributed by atoms with Crippen molar-refractivity contribution in [2.45, 2.75) is 30.9 Å². The van der Waals surface area contributed by atoms with Gasteiger partial charge in [-0.25, -0.2) is 0 Å². The van der Waals surface area contributed by atoms with Crippen LogP contribution in [0.4, 0.5) is 9.41 Å². The Morgan fingerprint density at radius 1 is 1.29 bits per heavy atom. The van der Waals surface area contributed by atoms with Crippen LogP contribution < -0.4 is 0 Å². The molecule has 0 bridgehead atoms. The highest BCUT2D eigenvalue weighted by Gasteiger charge is 2.41. The highest BCUT2D eigenvalue weighted by atomic mass is 79.9. The highest BCUT2D eigenvalue weighted by Crippen LogP contribution is 2.45. The number of thioether (sulfide) groups is 1. The van der Waals surface area contributed by atoms with Crippen LogP contribution in [0.15, 0.2) is 27.6 Å². The molecule has 21 heavy (non-hydrogen) atoms. The van der Waals surface area contributed by atoms with E-state index >= 15 is 0 Å². The van der Waals surface area contributed by atoms with E-state index in [1.54, 1.807) is 11.8 Å². The van der Waals surface area contributed by atoms with Crippen LogP contribution in [-0.2, 0) is 4.79 Å². The van der Waals surface area contributed by atoms with Gasteiger partial charge < -0.3 is 0 Å². The minimum absolute atomic E-state index is 0. The van der Waals surface area contributed by atoms with Crippen LogP contribution >= 0.6 is 27.7 Å². The van der Waals surface area contributed by atoms with E-state index in [1.807, 2.05) is 18.2 Å². The van der Waals surface area contributed by atoms with Gasteiger partial charge in [-0.2, -0.15) is 0 Å². The zero-order valence-electron chi connectivity index (χ0n) is 11.4. The largest absolute Gasteiger partial charge is 0.299 e. The number of rotatable bonds is 2. The van der Waals surface area contributed by atoms with Crippen LogP contribution in [0.1, 0.15) is 31.1 Å². The monoisotopic (exact) mass is 380 g/mol. The number of carbonyl (C=O) groups excluding carboxylic acids is 2. The summed E-state index contributed by atoms with van der Waals surface area (Å²) < 4.78 is 0.936. The summed E-state index contributed by atoms with van der Waals surface area (Å²) in [5.41, 5.74) is 0.673. The highest BCUT2D eigenvalue weighted by molar-refractivity contribution is 9.10. The van der Waals surface area contributed by atoms with Crippen LogP contribution in [-0.4, -0.2) is 25.2 Å². The Bertz CT molecular complexity index is 526. The average Bonchev–Trinajstić information content (AvgIpc) is 2.29. The van der Waals surface area contributed by atoms with Crippen molar-refractivity contribution in [1.29, 1.82) is 0 Å². The Hall–Kier alpha value is -0.685. The lowest BCUT2D eigenvalue weighted by molar-refractivity contribution is -0.119. The lowest BCUT2D eigenvalue weighted by atomic mass is 9.86. The first kappa shape index (κ1) is 22.6. The van der Waals surface area contributed by atoms with E-state index in [-0.39, 0.29) is 40.6 Å². The molecule has 0 radical (unpaired) electrons. The zero-order valence-corrected chi connectivity index (χ0v) is 13.8. The van der Waals surface area contributed by atoms with Gasteiger partial charge in [-0.1, -0.05) is 26.0 Å². The molecule has 0 amide bonds. The fraction of sp³-hybridized carbons (Fsp3) is 0.429. The number of fused-ring (bicyclic) bond motifs is 1. The lowest BCUT2D eigenvalue weighted by Crippen LogP contribution is -2.38. The number of Topliss-reactive ketones (excluding diaryl/α,β-unsaturated/α-hetero) is 2. The van der Waals surface area contributed by atoms with Crippen molar-refractivity contribution in [2.24, 2.45) is 11.8 Å². The molecule has 1 aliphatic rings. The summed E-state index contributed by atoms with van der Waals surface area (Å²) >= 11 is 5.13. The minimum Gasteiger partial charge on any atom is -0.299 e. The number of halogens is 3. The van der Waals surface area contributed by atoms with Gasteiger partial charge in [0.15, 0.2) is 5.78 Å². The zero-order chi connectivity index (χ0) is 13.4. The summed E-state index contributed by atoms with van der Waals surface area (Å²) in [6.07, 6.45) is 0. The molecular weight excluding hydrogens is 361 g/mol. The van der Waals surface area contributed by atoms with Crippen LogP contribution in [0.2, 0.25) is 0 Å². The van der Waals surface area contributed by atoms with Crippen LogP contribution in [0.5, 0.6) is 0 Å². The van der Waals surface area contributed by atoms with E-state index in [2.05, 4.69) is 29.8 Å². The quantitative estimate of drug-likeness (QED) is 0.584. The molecule has 1 aromatic carbocycles. The van der Waals surface area contributed by atoms with Gasteiger partial charge in [0.25, 0.3) is 0 Å². The van der Waals surface area contributed by atoms with Crippen molar-refractivity contribution < 1.29 is 19.0 Å². The summed E-state index contributed by atoms with van der Waals surface area (Å²) in [5.74, 6) is -0.280. The molecule has 0 aliphatic carbocycles.